The number of imide groups is 2. The van der Waals surface area contributed by atoms with Crippen LogP contribution in [0.25, 0.3) is 0 Å². The van der Waals surface area contributed by atoms with Gasteiger partial charge in [-0.3, -0.25) is 24.0 Å². The largest absolute Gasteiger partial charge is 0.322 e. The van der Waals surface area contributed by atoms with Crippen LogP contribution >= 0.6 is 0 Å². The third kappa shape index (κ3) is 4.31. The summed E-state index contributed by atoms with van der Waals surface area (Å²) in [6.07, 6.45) is 16.4. The van der Waals surface area contributed by atoms with E-state index in [0.717, 1.165) is 9.80 Å². The van der Waals surface area contributed by atoms with E-state index >= 15 is 0 Å². The number of fused-ring (bicyclic) bond motifs is 2. The van der Waals surface area contributed by atoms with Gasteiger partial charge in [0.2, 0.25) is 0 Å². The van der Waals surface area contributed by atoms with Crippen molar-refractivity contribution in [1.82, 2.24) is 0 Å². The Balaban J connectivity index is 1.47. The lowest BCUT2D eigenvalue weighted by molar-refractivity contribution is 0.0912. The van der Waals surface area contributed by atoms with Gasteiger partial charge in [0.15, 0.2) is 0 Å². The predicted octanol–water partition coefficient (Wildman–Crippen LogP) is 4.48. The highest BCUT2D eigenvalue weighted by atomic mass is 16.2. The summed E-state index contributed by atoms with van der Waals surface area (Å²) in [5, 5.41) is 2.72. The van der Waals surface area contributed by atoms with Crippen LogP contribution in [0.15, 0.2) is 78.9 Å². The van der Waals surface area contributed by atoms with Crippen LogP contribution in [0.3, 0.4) is 0 Å². The Morgan fingerprint density at radius 1 is 0.558 bits per heavy atom. The molecule has 4 aromatic carbocycles. The number of terminal acetylenes is 3. The summed E-state index contributed by atoms with van der Waals surface area (Å²) in [5.74, 6) is 4.04. The van der Waals surface area contributed by atoms with Gasteiger partial charge in [0.25, 0.3) is 29.5 Å². The van der Waals surface area contributed by atoms with E-state index < -0.39 is 29.5 Å². The summed E-state index contributed by atoms with van der Waals surface area (Å²) in [6.45, 7) is 0. The van der Waals surface area contributed by atoms with Crippen LogP contribution in [0.4, 0.5) is 17.1 Å². The van der Waals surface area contributed by atoms with Crippen LogP contribution < -0.4 is 15.1 Å². The van der Waals surface area contributed by atoms with Crippen molar-refractivity contribution in [3.05, 3.63) is 123 Å². The maximum absolute atomic E-state index is 13.5. The van der Waals surface area contributed by atoms with Gasteiger partial charge in [0.1, 0.15) is 0 Å². The Kier molecular flexibility index (Phi) is 6.20. The first kappa shape index (κ1) is 26.5. The molecule has 4 aromatic rings. The second kappa shape index (κ2) is 10.1. The molecule has 0 atom stereocenters. The second-order valence-electron chi connectivity index (χ2n) is 9.62. The van der Waals surface area contributed by atoms with Crippen molar-refractivity contribution in [1.29, 1.82) is 0 Å². The number of carbonyl (C=O) groups is 5. The SMILES string of the molecule is C#Cc1cccc(NC(=O)c2cc(N3C(=O)c4ccc(C#C)cc4C3=O)cc(N3C(=O)c4ccc(C#C)cc4C3=O)c2)c1. The van der Waals surface area contributed by atoms with Gasteiger partial charge in [-0.2, -0.15) is 0 Å². The van der Waals surface area contributed by atoms with Crippen LogP contribution in [0, 0.1) is 37.0 Å². The molecule has 0 radical (unpaired) electrons. The normalized spacial score (nSPS) is 13.2. The van der Waals surface area contributed by atoms with E-state index in [2.05, 4.69) is 23.1 Å². The monoisotopic (exact) mass is 559 g/mol. The van der Waals surface area contributed by atoms with Gasteiger partial charge in [-0.05, 0) is 72.8 Å². The maximum Gasteiger partial charge on any atom is 0.266 e. The van der Waals surface area contributed by atoms with Crippen molar-refractivity contribution < 1.29 is 24.0 Å². The number of hydrogen-bond acceptors (Lipinski definition) is 5. The van der Waals surface area contributed by atoms with Crippen molar-refractivity contribution >= 4 is 46.6 Å². The van der Waals surface area contributed by atoms with Crippen molar-refractivity contribution in [3.8, 4) is 37.0 Å². The average molecular weight is 560 g/mol. The topological polar surface area (TPSA) is 104 Å². The minimum Gasteiger partial charge on any atom is -0.322 e. The number of carbonyl (C=O) groups excluding carboxylic acids is 5. The van der Waals surface area contributed by atoms with Gasteiger partial charge in [-0.1, -0.05) is 23.8 Å². The molecule has 2 heterocycles. The second-order valence-corrected chi connectivity index (χ2v) is 9.62. The lowest BCUT2D eigenvalue weighted by Crippen LogP contribution is -2.32. The third-order valence-corrected chi connectivity index (χ3v) is 7.07. The zero-order valence-electron chi connectivity index (χ0n) is 22.2. The first-order valence-electron chi connectivity index (χ1n) is 12.8. The maximum atomic E-state index is 13.5. The summed E-state index contributed by atoms with van der Waals surface area (Å²) >= 11 is 0. The predicted molar refractivity (Wildman–Crippen MR) is 160 cm³/mol. The standard InChI is InChI=1S/C35H17N3O5/c1-4-20-8-7-9-24(14-20)36-31(39)23-17-25(37-32(40)27-12-10-21(5-2)15-29(27)34(37)42)19-26(18-23)38-33(41)28-13-11-22(6-3)16-30(28)35(38)43/h1-3,7-19H,(H,36,39). The lowest BCUT2D eigenvalue weighted by atomic mass is 10.1. The Labute approximate surface area is 245 Å². The quantitative estimate of drug-likeness (QED) is 0.293. The molecule has 2 aliphatic heterocycles. The van der Waals surface area contributed by atoms with E-state index in [1.54, 1.807) is 24.3 Å². The minimum atomic E-state index is -0.677. The van der Waals surface area contributed by atoms with E-state index in [9.17, 15) is 24.0 Å². The highest BCUT2D eigenvalue weighted by Crippen LogP contribution is 2.36. The Bertz CT molecular complexity index is 1990. The molecule has 0 saturated heterocycles. The molecule has 0 aliphatic carbocycles. The molecule has 0 unspecified atom stereocenters. The minimum absolute atomic E-state index is 0.0330. The molecule has 1 N–H and O–H groups in total. The van der Waals surface area contributed by atoms with Crippen LogP contribution in [-0.2, 0) is 0 Å². The van der Waals surface area contributed by atoms with Gasteiger partial charge in [-0.25, -0.2) is 9.80 Å². The summed E-state index contributed by atoms with van der Waals surface area (Å²) in [4.78, 5) is 69.1. The van der Waals surface area contributed by atoms with Crippen LogP contribution in [0.5, 0.6) is 0 Å². The molecule has 5 amide bonds. The molecule has 202 valence electrons. The molecule has 6 rings (SSSR count). The van der Waals surface area contributed by atoms with Gasteiger partial charge in [0, 0.05) is 27.9 Å². The third-order valence-electron chi connectivity index (χ3n) is 7.07. The van der Waals surface area contributed by atoms with Crippen LogP contribution in [0.2, 0.25) is 0 Å². The molecule has 0 spiro atoms. The molecular formula is C35H17N3O5. The van der Waals surface area contributed by atoms with Crippen LogP contribution in [-0.4, -0.2) is 29.5 Å². The fraction of sp³-hybridized carbons (Fsp3) is 0. The molecule has 0 bridgehead atoms. The van der Waals surface area contributed by atoms with Crippen LogP contribution in [0.1, 0.15) is 68.5 Å². The van der Waals surface area contributed by atoms with Gasteiger partial charge in [0.05, 0.1) is 33.6 Å². The smallest absolute Gasteiger partial charge is 0.266 e. The van der Waals surface area contributed by atoms with Crippen molar-refractivity contribution in [2.24, 2.45) is 0 Å². The first-order valence-corrected chi connectivity index (χ1v) is 12.8. The number of anilines is 3. The Morgan fingerprint density at radius 2 is 1.02 bits per heavy atom. The number of rotatable bonds is 4. The zero-order chi connectivity index (χ0) is 30.4. The zero-order valence-corrected chi connectivity index (χ0v) is 22.2. The highest BCUT2D eigenvalue weighted by Gasteiger charge is 2.40. The Morgan fingerprint density at radius 3 is 1.51 bits per heavy atom. The molecule has 0 saturated carbocycles. The van der Waals surface area contributed by atoms with E-state index in [1.807, 2.05) is 0 Å². The lowest BCUT2D eigenvalue weighted by Gasteiger charge is -2.20. The molecule has 0 fully saturated rings. The summed E-state index contributed by atoms with van der Waals surface area (Å²) in [5.41, 5.74) is 2.03. The van der Waals surface area contributed by atoms with Gasteiger partial charge >= 0.3 is 0 Å². The number of nitrogens with zero attached hydrogens (tertiary/aromatic N) is 2. The number of benzene rings is 4. The van der Waals surface area contributed by atoms with E-state index in [4.69, 9.17) is 19.3 Å². The van der Waals surface area contributed by atoms with Crippen molar-refractivity contribution in [2.45, 2.75) is 0 Å². The molecule has 8 heteroatoms. The molecule has 43 heavy (non-hydrogen) atoms. The van der Waals surface area contributed by atoms with Crippen molar-refractivity contribution in [3.63, 3.8) is 0 Å². The first-order chi connectivity index (χ1) is 20.7. The van der Waals surface area contributed by atoms with Crippen molar-refractivity contribution in [2.75, 3.05) is 15.1 Å². The number of amides is 5. The highest BCUT2D eigenvalue weighted by molar-refractivity contribution is 6.36. The molecular weight excluding hydrogens is 542 g/mol. The molecule has 0 aromatic heterocycles. The fourth-order valence-electron chi connectivity index (χ4n) is 5.00. The van der Waals surface area contributed by atoms with E-state index in [-0.39, 0.29) is 39.2 Å². The van der Waals surface area contributed by atoms with Gasteiger partial charge < -0.3 is 5.32 Å². The number of hydrogen-bond donors (Lipinski definition) is 1. The molecule has 2 aliphatic rings. The van der Waals surface area contributed by atoms with E-state index in [1.165, 1.54) is 54.6 Å². The van der Waals surface area contributed by atoms with Gasteiger partial charge in [-0.15, -0.1) is 19.3 Å². The number of nitrogens with one attached hydrogen (secondary N) is 1. The summed E-state index contributed by atoms with van der Waals surface area (Å²) in [6, 6.07) is 19.4. The summed E-state index contributed by atoms with van der Waals surface area (Å²) < 4.78 is 0. The fourth-order valence-corrected chi connectivity index (χ4v) is 5.00. The van der Waals surface area contributed by atoms with E-state index in [0.29, 0.717) is 22.4 Å². The molecule has 8 nitrogen and oxygen atoms in total. The summed E-state index contributed by atoms with van der Waals surface area (Å²) in [7, 11) is 0. The average Bonchev–Trinajstić information content (AvgIpc) is 3.43. The Hall–Kier alpha value is -6.69.